The first kappa shape index (κ1) is 5.88. The van der Waals surface area contributed by atoms with Crippen LogP contribution in [-0.4, -0.2) is 24.1 Å². The third-order valence-corrected chi connectivity index (χ3v) is 1.69. The monoisotopic (exact) mass is 140 g/mol. The summed E-state index contributed by atoms with van der Waals surface area (Å²) >= 11 is 0. The lowest BCUT2D eigenvalue weighted by Crippen LogP contribution is -2.27. The molecule has 0 radical (unpaired) electrons. The molecule has 1 saturated heterocycles. The zero-order valence-electron chi connectivity index (χ0n) is 5.32. The number of nitrogens with one attached hydrogen (secondary N) is 1. The molecule has 0 bridgehead atoms. The van der Waals surface area contributed by atoms with Crippen molar-refractivity contribution in [3.05, 3.63) is 11.8 Å². The molecule has 0 aliphatic carbocycles. The van der Waals surface area contributed by atoms with Gasteiger partial charge in [0.15, 0.2) is 0 Å². The van der Waals surface area contributed by atoms with Crippen molar-refractivity contribution >= 4 is 6.21 Å². The standard InChI is InChI=1S/C6H8N2O2/c9-6-4-3-7-2-1-5(4)10-8-6/h1-2,4,6,8-9H,3H2. The van der Waals surface area contributed by atoms with Crippen molar-refractivity contribution in [1.82, 2.24) is 5.48 Å². The summed E-state index contributed by atoms with van der Waals surface area (Å²) in [7, 11) is 0. The number of hydroxylamine groups is 1. The van der Waals surface area contributed by atoms with Crippen molar-refractivity contribution in [1.29, 1.82) is 0 Å². The second-order valence-electron chi connectivity index (χ2n) is 2.35. The number of aliphatic hydroxyl groups excluding tert-OH is 1. The van der Waals surface area contributed by atoms with Gasteiger partial charge in [0.1, 0.15) is 12.0 Å². The molecule has 0 aromatic heterocycles. The molecule has 4 nitrogen and oxygen atoms in total. The van der Waals surface area contributed by atoms with E-state index < -0.39 is 6.23 Å². The third kappa shape index (κ3) is 0.732. The van der Waals surface area contributed by atoms with E-state index in [1.165, 1.54) is 0 Å². The Morgan fingerprint density at radius 2 is 2.70 bits per heavy atom. The summed E-state index contributed by atoms with van der Waals surface area (Å²) in [6.07, 6.45) is 2.85. The van der Waals surface area contributed by atoms with Gasteiger partial charge in [0.2, 0.25) is 0 Å². The van der Waals surface area contributed by atoms with Crippen molar-refractivity contribution in [3.8, 4) is 0 Å². The first-order chi connectivity index (χ1) is 4.88. The van der Waals surface area contributed by atoms with E-state index in [1.807, 2.05) is 0 Å². The van der Waals surface area contributed by atoms with Crippen LogP contribution in [0.25, 0.3) is 0 Å². The van der Waals surface area contributed by atoms with Crippen LogP contribution in [0.4, 0.5) is 0 Å². The number of fused-ring (bicyclic) bond motifs is 1. The maximum Gasteiger partial charge on any atom is 0.148 e. The lowest BCUT2D eigenvalue weighted by molar-refractivity contribution is 0.0352. The van der Waals surface area contributed by atoms with Crippen LogP contribution in [0, 0.1) is 5.92 Å². The molecular weight excluding hydrogens is 132 g/mol. The average Bonchev–Trinajstić information content (AvgIpc) is 2.34. The van der Waals surface area contributed by atoms with Gasteiger partial charge in [-0.15, -0.1) is 5.48 Å². The van der Waals surface area contributed by atoms with E-state index in [4.69, 9.17) is 4.84 Å². The number of rotatable bonds is 0. The number of nitrogens with zero attached hydrogens (tertiary/aromatic N) is 1. The van der Waals surface area contributed by atoms with Crippen molar-refractivity contribution in [2.24, 2.45) is 10.9 Å². The molecule has 2 heterocycles. The average molecular weight is 140 g/mol. The molecule has 2 aliphatic heterocycles. The van der Waals surface area contributed by atoms with E-state index in [9.17, 15) is 5.11 Å². The van der Waals surface area contributed by atoms with Crippen molar-refractivity contribution < 1.29 is 9.94 Å². The van der Waals surface area contributed by atoms with Crippen LogP contribution in [-0.2, 0) is 4.84 Å². The van der Waals surface area contributed by atoms with Gasteiger partial charge in [0.05, 0.1) is 12.5 Å². The highest BCUT2D eigenvalue weighted by Gasteiger charge is 2.32. The van der Waals surface area contributed by atoms with Crippen LogP contribution in [0.2, 0.25) is 0 Å². The predicted octanol–water partition coefficient (Wildman–Crippen LogP) is -0.576. The Morgan fingerprint density at radius 1 is 1.80 bits per heavy atom. The van der Waals surface area contributed by atoms with Gasteiger partial charge in [-0.3, -0.25) is 4.99 Å². The van der Waals surface area contributed by atoms with Crippen LogP contribution in [0.3, 0.4) is 0 Å². The van der Waals surface area contributed by atoms with Crippen molar-refractivity contribution in [3.63, 3.8) is 0 Å². The highest BCUT2D eigenvalue weighted by atomic mass is 16.7. The Balaban J connectivity index is 2.23. The fourth-order valence-corrected chi connectivity index (χ4v) is 1.09. The summed E-state index contributed by atoms with van der Waals surface area (Å²) in [4.78, 5) is 8.93. The maximum atomic E-state index is 9.17. The molecule has 10 heavy (non-hydrogen) atoms. The molecule has 2 aliphatic rings. The van der Waals surface area contributed by atoms with Gasteiger partial charge in [-0.2, -0.15) is 0 Å². The van der Waals surface area contributed by atoms with Crippen LogP contribution in [0.5, 0.6) is 0 Å². The molecule has 54 valence electrons. The van der Waals surface area contributed by atoms with E-state index in [0.717, 1.165) is 5.76 Å². The Kier molecular flexibility index (Phi) is 1.22. The minimum atomic E-state index is -0.594. The summed E-state index contributed by atoms with van der Waals surface area (Å²) in [5.41, 5.74) is 2.47. The van der Waals surface area contributed by atoms with Gasteiger partial charge in [0, 0.05) is 6.21 Å². The zero-order valence-corrected chi connectivity index (χ0v) is 5.32. The number of allylic oxidation sites excluding steroid dienone is 1. The Morgan fingerprint density at radius 3 is 3.50 bits per heavy atom. The lowest BCUT2D eigenvalue weighted by Gasteiger charge is -2.09. The molecule has 2 unspecified atom stereocenters. The number of hydrogen-bond acceptors (Lipinski definition) is 4. The highest BCUT2D eigenvalue weighted by Crippen LogP contribution is 2.23. The van der Waals surface area contributed by atoms with Gasteiger partial charge in [-0.1, -0.05) is 0 Å². The van der Waals surface area contributed by atoms with E-state index in [0.29, 0.717) is 6.54 Å². The minimum absolute atomic E-state index is 0.0185. The molecule has 2 N–H and O–H groups in total. The summed E-state index contributed by atoms with van der Waals surface area (Å²) in [5.74, 6) is 0.799. The largest absolute Gasteiger partial charge is 0.410 e. The second-order valence-corrected chi connectivity index (χ2v) is 2.35. The Labute approximate surface area is 58.2 Å². The zero-order chi connectivity index (χ0) is 6.97. The van der Waals surface area contributed by atoms with E-state index in [-0.39, 0.29) is 5.92 Å². The molecule has 0 aromatic rings. The van der Waals surface area contributed by atoms with Crippen LogP contribution < -0.4 is 5.48 Å². The Hall–Kier alpha value is -0.870. The predicted molar refractivity (Wildman–Crippen MR) is 35.2 cm³/mol. The maximum absolute atomic E-state index is 9.17. The second kappa shape index (κ2) is 2.07. The van der Waals surface area contributed by atoms with Gasteiger partial charge in [0.25, 0.3) is 0 Å². The van der Waals surface area contributed by atoms with E-state index in [2.05, 4.69) is 10.5 Å². The quantitative estimate of drug-likeness (QED) is 0.473. The number of aliphatic hydroxyl groups is 1. The molecule has 1 fully saturated rings. The van der Waals surface area contributed by atoms with Gasteiger partial charge in [-0.05, 0) is 6.08 Å². The van der Waals surface area contributed by atoms with Gasteiger partial charge < -0.3 is 9.94 Å². The topological polar surface area (TPSA) is 53.8 Å². The first-order valence-electron chi connectivity index (χ1n) is 3.18. The van der Waals surface area contributed by atoms with E-state index >= 15 is 0 Å². The van der Waals surface area contributed by atoms with E-state index in [1.54, 1.807) is 12.3 Å². The minimum Gasteiger partial charge on any atom is -0.410 e. The fraction of sp³-hybridized carbons (Fsp3) is 0.500. The molecule has 0 aromatic carbocycles. The van der Waals surface area contributed by atoms with Crippen LogP contribution >= 0.6 is 0 Å². The fourth-order valence-electron chi connectivity index (χ4n) is 1.09. The summed E-state index contributed by atoms with van der Waals surface area (Å²) < 4.78 is 0. The van der Waals surface area contributed by atoms with Gasteiger partial charge in [-0.25, -0.2) is 0 Å². The normalized spacial score (nSPS) is 36.7. The number of dihydropyridines is 1. The molecule has 0 spiro atoms. The molecule has 0 saturated carbocycles. The van der Waals surface area contributed by atoms with Crippen LogP contribution in [0.1, 0.15) is 0 Å². The molecule has 4 heteroatoms. The smallest absolute Gasteiger partial charge is 0.148 e. The SMILES string of the molecule is OC1NOC2=CC=NCC21. The molecular formula is C6H8N2O2. The van der Waals surface area contributed by atoms with Gasteiger partial charge >= 0.3 is 0 Å². The third-order valence-electron chi connectivity index (χ3n) is 1.69. The molecule has 0 amide bonds. The number of hydrogen-bond donors (Lipinski definition) is 2. The molecule has 2 atom stereocenters. The van der Waals surface area contributed by atoms with Crippen molar-refractivity contribution in [2.45, 2.75) is 6.23 Å². The number of aliphatic imine (C=N–C) groups is 1. The highest BCUT2D eigenvalue weighted by molar-refractivity contribution is 5.73. The Bertz CT molecular complexity index is 200. The first-order valence-corrected chi connectivity index (χ1v) is 3.18. The van der Waals surface area contributed by atoms with Crippen LogP contribution in [0.15, 0.2) is 16.8 Å². The molecule has 2 rings (SSSR count). The lowest BCUT2D eigenvalue weighted by atomic mass is 10.1. The summed E-state index contributed by atoms with van der Waals surface area (Å²) in [5, 5.41) is 9.17. The summed E-state index contributed by atoms with van der Waals surface area (Å²) in [6.45, 7) is 0.611. The summed E-state index contributed by atoms with van der Waals surface area (Å²) in [6, 6.07) is 0. The van der Waals surface area contributed by atoms with Crippen molar-refractivity contribution in [2.75, 3.05) is 6.54 Å².